The third-order valence-electron chi connectivity index (χ3n) is 4.81. The third kappa shape index (κ3) is 3.66. The Morgan fingerprint density at radius 2 is 2.07 bits per heavy atom. The molecule has 4 rings (SSSR count). The molecule has 0 atom stereocenters. The molecule has 1 aliphatic rings. The van der Waals surface area contributed by atoms with Crippen molar-refractivity contribution in [1.82, 2.24) is 15.3 Å². The fourth-order valence-electron chi connectivity index (χ4n) is 3.17. The lowest BCUT2D eigenvalue weighted by atomic mass is 10.0. The highest BCUT2D eigenvalue weighted by Gasteiger charge is 2.29. The maximum atomic E-state index is 13.7. The molecule has 2 heterocycles. The minimum atomic E-state index is -0.288. The molecule has 2 N–H and O–H groups in total. The van der Waals surface area contributed by atoms with E-state index in [1.807, 2.05) is 26.1 Å². The van der Waals surface area contributed by atoms with E-state index in [0.717, 1.165) is 40.4 Å². The van der Waals surface area contributed by atoms with Crippen LogP contribution in [0.3, 0.4) is 0 Å². The number of fused-ring (bicyclic) bond motifs is 1. The number of amides is 1. The number of halogens is 1. The monoisotopic (exact) mass is 364 g/mol. The van der Waals surface area contributed by atoms with Gasteiger partial charge < -0.3 is 10.6 Å². The van der Waals surface area contributed by atoms with E-state index in [-0.39, 0.29) is 17.6 Å². The second-order valence-corrected chi connectivity index (χ2v) is 7.00. The maximum Gasteiger partial charge on any atom is 0.228 e. The maximum absolute atomic E-state index is 13.7. The number of aryl methyl sites for hydroxylation is 1. The molecular formula is C21H21FN4O. The van der Waals surface area contributed by atoms with Gasteiger partial charge in [0.2, 0.25) is 5.91 Å². The Bertz CT molecular complexity index is 1030. The Hall–Kier alpha value is -2.86. The quantitative estimate of drug-likeness (QED) is 0.722. The zero-order chi connectivity index (χ0) is 19.0. The number of benzene rings is 1. The third-order valence-corrected chi connectivity index (χ3v) is 4.81. The second kappa shape index (κ2) is 7.04. The lowest BCUT2D eigenvalue weighted by molar-refractivity contribution is -0.117. The predicted octanol–water partition coefficient (Wildman–Crippen LogP) is 3.81. The number of nitrogens with zero attached hydrogens (tertiary/aromatic N) is 2. The number of anilines is 1. The van der Waals surface area contributed by atoms with Crippen molar-refractivity contribution in [2.75, 3.05) is 12.4 Å². The standard InChI is InChI=1S/C21H21FN4O/c1-12-3-6-15(22)8-16(12)18-7-14-10-24-20(26-21(27)13-4-5-13)9-17(14)19(25-18)11-23-2/h3,6-10,13,23H,4-5,11H2,1-2H3,(H,24,26,27). The van der Waals surface area contributed by atoms with E-state index >= 15 is 0 Å². The Balaban J connectivity index is 1.79. The fourth-order valence-corrected chi connectivity index (χ4v) is 3.17. The van der Waals surface area contributed by atoms with Crippen LogP contribution >= 0.6 is 0 Å². The van der Waals surface area contributed by atoms with Crippen LogP contribution in [-0.2, 0) is 11.3 Å². The lowest BCUT2D eigenvalue weighted by Gasteiger charge is -2.12. The molecule has 0 radical (unpaired) electrons. The summed E-state index contributed by atoms with van der Waals surface area (Å²) in [4.78, 5) is 21.2. The SMILES string of the molecule is CNCc1nc(-c2cc(F)ccc2C)cc2cnc(NC(=O)C3CC3)cc12. The van der Waals surface area contributed by atoms with E-state index in [1.54, 1.807) is 12.3 Å². The zero-order valence-electron chi connectivity index (χ0n) is 15.3. The fraction of sp³-hybridized carbons (Fsp3) is 0.286. The highest BCUT2D eigenvalue weighted by Crippen LogP contribution is 2.31. The molecule has 0 saturated heterocycles. The van der Waals surface area contributed by atoms with Crippen LogP contribution in [0, 0.1) is 18.7 Å². The van der Waals surface area contributed by atoms with Crippen LogP contribution in [0.4, 0.5) is 10.2 Å². The average molecular weight is 364 g/mol. The van der Waals surface area contributed by atoms with Gasteiger partial charge >= 0.3 is 0 Å². The highest BCUT2D eigenvalue weighted by atomic mass is 19.1. The van der Waals surface area contributed by atoms with Gasteiger partial charge in [-0.05, 0) is 56.6 Å². The van der Waals surface area contributed by atoms with Crippen LogP contribution in [0.15, 0.2) is 36.5 Å². The zero-order valence-corrected chi connectivity index (χ0v) is 15.3. The summed E-state index contributed by atoms with van der Waals surface area (Å²) in [6.07, 6.45) is 3.63. The van der Waals surface area contributed by atoms with E-state index < -0.39 is 0 Å². The minimum absolute atomic E-state index is 0.0250. The Morgan fingerprint density at radius 3 is 2.81 bits per heavy atom. The normalized spacial score (nSPS) is 13.7. The summed E-state index contributed by atoms with van der Waals surface area (Å²) in [7, 11) is 1.85. The Kier molecular flexibility index (Phi) is 4.58. The molecule has 2 aromatic heterocycles. The van der Waals surface area contributed by atoms with Crippen molar-refractivity contribution in [3.63, 3.8) is 0 Å². The van der Waals surface area contributed by atoms with Crippen LogP contribution in [0.2, 0.25) is 0 Å². The van der Waals surface area contributed by atoms with Crippen LogP contribution in [-0.4, -0.2) is 22.9 Å². The summed E-state index contributed by atoms with van der Waals surface area (Å²) in [6.45, 7) is 2.49. The molecule has 0 spiro atoms. The lowest BCUT2D eigenvalue weighted by Crippen LogP contribution is -2.14. The first-order valence-corrected chi connectivity index (χ1v) is 9.07. The van der Waals surface area contributed by atoms with Gasteiger partial charge in [-0.25, -0.2) is 9.37 Å². The molecular weight excluding hydrogens is 343 g/mol. The van der Waals surface area contributed by atoms with E-state index in [0.29, 0.717) is 18.1 Å². The molecule has 1 aliphatic carbocycles. The van der Waals surface area contributed by atoms with Gasteiger partial charge in [-0.2, -0.15) is 0 Å². The van der Waals surface area contributed by atoms with Gasteiger partial charge in [0.25, 0.3) is 0 Å². The number of carbonyl (C=O) groups is 1. The molecule has 6 heteroatoms. The van der Waals surface area contributed by atoms with Crippen molar-refractivity contribution >= 4 is 22.5 Å². The van der Waals surface area contributed by atoms with Gasteiger partial charge in [0.1, 0.15) is 11.6 Å². The summed E-state index contributed by atoms with van der Waals surface area (Å²) in [6, 6.07) is 8.48. The van der Waals surface area contributed by atoms with Gasteiger partial charge in [-0.3, -0.25) is 9.78 Å². The number of carbonyl (C=O) groups excluding carboxylic acids is 1. The van der Waals surface area contributed by atoms with Crippen molar-refractivity contribution in [2.45, 2.75) is 26.3 Å². The molecule has 5 nitrogen and oxygen atoms in total. The summed E-state index contributed by atoms with van der Waals surface area (Å²) in [5, 5.41) is 7.83. The van der Waals surface area contributed by atoms with E-state index in [1.165, 1.54) is 12.1 Å². The van der Waals surface area contributed by atoms with Gasteiger partial charge in [-0.1, -0.05) is 6.07 Å². The molecule has 0 unspecified atom stereocenters. The molecule has 0 bridgehead atoms. The van der Waals surface area contributed by atoms with Crippen molar-refractivity contribution in [2.24, 2.45) is 5.92 Å². The largest absolute Gasteiger partial charge is 0.314 e. The molecule has 3 aromatic rings. The van der Waals surface area contributed by atoms with Gasteiger partial charge in [-0.15, -0.1) is 0 Å². The van der Waals surface area contributed by atoms with E-state index in [4.69, 9.17) is 4.98 Å². The Morgan fingerprint density at radius 1 is 1.26 bits per heavy atom. The molecule has 1 saturated carbocycles. The van der Waals surface area contributed by atoms with Crippen molar-refractivity contribution in [3.8, 4) is 11.3 Å². The van der Waals surface area contributed by atoms with Crippen molar-refractivity contribution < 1.29 is 9.18 Å². The number of rotatable bonds is 5. The van der Waals surface area contributed by atoms with Crippen LogP contribution in [0.5, 0.6) is 0 Å². The molecule has 1 fully saturated rings. The van der Waals surface area contributed by atoms with Crippen LogP contribution in [0.25, 0.3) is 22.0 Å². The summed E-state index contributed by atoms with van der Waals surface area (Å²) < 4.78 is 13.7. The highest BCUT2D eigenvalue weighted by molar-refractivity contribution is 5.96. The molecule has 1 amide bonds. The number of hydrogen-bond donors (Lipinski definition) is 2. The molecule has 138 valence electrons. The number of aromatic nitrogens is 2. The van der Waals surface area contributed by atoms with Gasteiger partial charge in [0.05, 0.1) is 11.4 Å². The topological polar surface area (TPSA) is 66.9 Å². The van der Waals surface area contributed by atoms with Crippen molar-refractivity contribution in [1.29, 1.82) is 0 Å². The average Bonchev–Trinajstić information content (AvgIpc) is 3.49. The first-order valence-electron chi connectivity index (χ1n) is 9.07. The van der Waals surface area contributed by atoms with Crippen LogP contribution < -0.4 is 10.6 Å². The smallest absolute Gasteiger partial charge is 0.228 e. The second-order valence-electron chi connectivity index (χ2n) is 7.00. The first-order chi connectivity index (χ1) is 13.0. The van der Waals surface area contributed by atoms with E-state index in [9.17, 15) is 9.18 Å². The number of hydrogen-bond acceptors (Lipinski definition) is 4. The summed E-state index contributed by atoms with van der Waals surface area (Å²) >= 11 is 0. The summed E-state index contributed by atoms with van der Waals surface area (Å²) in [5.41, 5.74) is 3.26. The molecule has 1 aromatic carbocycles. The minimum Gasteiger partial charge on any atom is -0.314 e. The predicted molar refractivity (Wildman–Crippen MR) is 104 cm³/mol. The Labute approximate surface area is 157 Å². The number of pyridine rings is 2. The number of nitrogens with one attached hydrogen (secondary N) is 2. The van der Waals surface area contributed by atoms with Gasteiger partial charge in [0, 0.05) is 35.0 Å². The van der Waals surface area contributed by atoms with E-state index in [2.05, 4.69) is 15.6 Å². The van der Waals surface area contributed by atoms with Crippen molar-refractivity contribution in [3.05, 3.63) is 53.6 Å². The van der Waals surface area contributed by atoms with Crippen LogP contribution in [0.1, 0.15) is 24.1 Å². The first kappa shape index (κ1) is 17.5. The summed E-state index contributed by atoms with van der Waals surface area (Å²) in [5.74, 6) is 0.393. The molecule has 0 aliphatic heterocycles. The molecule has 27 heavy (non-hydrogen) atoms. The van der Waals surface area contributed by atoms with Gasteiger partial charge in [0.15, 0.2) is 0 Å².